The maximum absolute atomic E-state index is 11.2. The molecule has 2 atom stereocenters. The second-order valence-electron chi connectivity index (χ2n) is 6.22. The molecule has 124 valence electrons. The van der Waals surface area contributed by atoms with Gasteiger partial charge in [-0.15, -0.1) is 10.2 Å². The number of aryl methyl sites for hydroxylation is 1. The lowest BCUT2D eigenvalue weighted by molar-refractivity contribution is -0.0274. The first kappa shape index (κ1) is 16.0. The Morgan fingerprint density at radius 1 is 1.35 bits per heavy atom. The van der Waals surface area contributed by atoms with Crippen LogP contribution >= 0.6 is 0 Å². The van der Waals surface area contributed by atoms with E-state index in [0.29, 0.717) is 18.3 Å². The van der Waals surface area contributed by atoms with Gasteiger partial charge in [0.05, 0.1) is 13.7 Å². The average molecular weight is 317 g/mol. The molecule has 1 aliphatic heterocycles. The molecular weight excluding hydrogens is 294 g/mol. The van der Waals surface area contributed by atoms with Gasteiger partial charge in [-0.2, -0.15) is 0 Å². The highest BCUT2D eigenvalue weighted by molar-refractivity contribution is 5.31. The fourth-order valence-electron chi connectivity index (χ4n) is 3.35. The van der Waals surface area contributed by atoms with Crippen molar-refractivity contribution >= 4 is 0 Å². The van der Waals surface area contributed by atoms with E-state index in [0.717, 1.165) is 30.7 Å². The first-order valence-corrected chi connectivity index (χ1v) is 7.90. The molecule has 1 aromatic heterocycles. The van der Waals surface area contributed by atoms with Gasteiger partial charge in [0.25, 0.3) is 0 Å². The number of hydrogen-bond acceptors (Lipinski definition) is 6. The van der Waals surface area contributed by atoms with E-state index in [1.165, 1.54) is 0 Å². The Labute approximate surface area is 136 Å². The summed E-state index contributed by atoms with van der Waals surface area (Å²) in [5.41, 5.74) is -0.0606. The van der Waals surface area contributed by atoms with Crippen molar-refractivity contribution in [2.45, 2.75) is 44.9 Å². The molecule has 0 unspecified atom stereocenters. The van der Waals surface area contributed by atoms with Crippen LogP contribution in [-0.4, -0.2) is 39.9 Å². The number of aromatic nitrogens is 2. The van der Waals surface area contributed by atoms with E-state index in [9.17, 15) is 5.11 Å². The predicted octanol–water partition coefficient (Wildman–Crippen LogP) is 2.26. The molecule has 6 heteroatoms. The zero-order valence-electron chi connectivity index (χ0n) is 13.8. The number of rotatable bonds is 5. The summed E-state index contributed by atoms with van der Waals surface area (Å²) in [6.07, 6.45) is 1.98. The topological polar surface area (TPSA) is 71.6 Å². The zero-order valence-corrected chi connectivity index (χ0v) is 13.8. The molecule has 1 saturated heterocycles. The normalized spacial score (nSPS) is 21.3. The van der Waals surface area contributed by atoms with E-state index in [-0.39, 0.29) is 6.04 Å². The fraction of sp³-hybridized carbons (Fsp3) is 0.529. The summed E-state index contributed by atoms with van der Waals surface area (Å²) in [5, 5.41) is 19.1. The second-order valence-corrected chi connectivity index (χ2v) is 6.22. The number of nitrogens with zero attached hydrogens (tertiary/aromatic N) is 3. The molecule has 2 aromatic rings. The number of aliphatic hydroxyl groups is 1. The van der Waals surface area contributed by atoms with E-state index in [1.54, 1.807) is 14.0 Å². The molecule has 2 heterocycles. The monoisotopic (exact) mass is 317 g/mol. The van der Waals surface area contributed by atoms with Crippen LogP contribution < -0.4 is 4.74 Å². The molecule has 1 aliphatic rings. The van der Waals surface area contributed by atoms with Gasteiger partial charge in [0, 0.05) is 13.0 Å². The summed E-state index contributed by atoms with van der Waals surface area (Å²) in [7, 11) is 1.64. The van der Waals surface area contributed by atoms with Crippen LogP contribution in [0.4, 0.5) is 0 Å². The molecule has 6 nitrogen and oxygen atoms in total. The van der Waals surface area contributed by atoms with Gasteiger partial charge in [-0.3, -0.25) is 4.90 Å². The van der Waals surface area contributed by atoms with Crippen molar-refractivity contribution in [2.24, 2.45) is 0 Å². The third-order valence-corrected chi connectivity index (χ3v) is 4.59. The molecule has 0 spiro atoms. The Kier molecular flexibility index (Phi) is 4.37. The summed E-state index contributed by atoms with van der Waals surface area (Å²) >= 11 is 0. The van der Waals surface area contributed by atoms with E-state index in [4.69, 9.17) is 9.15 Å². The highest BCUT2D eigenvalue weighted by Crippen LogP contribution is 2.35. The lowest BCUT2D eigenvalue weighted by atomic mass is 9.86. The standard InChI is InChI=1S/C17H23N3O3/c1-12-18-19-16(23-12)11-20-10-4-5-15(20)17(2,21)13-6-8-14(22-3)9-7-13/h6-9,15,21H,4-5,10-11H2,1-3H3/t15-,17-/m0/s1. The molecule has 1 N–H and O–H groups in total. The maximum Gasteiger partial charge on any atom is 0.230 e. The SMILES string of the molecule is COc1ccc([C@](C)(O)[C@@H]2CCCN2Cc2nnc(C)o2)cc1. The van der Waals surface area contributed by atoms with Gasteiger partial charge >= 0.3 is 0 Å². The van der Waals surface area contributed by atoms with Crippen LogP contribution in [0.2, 0.25) is 0 Å². The van der Waals surface area contributed by atoms with Crippen LogP contribution in [0.5, 0.6) is 5.75 Å². The van der Waals surface area contributed by atoms with Crippen LogP contribution in [0.1, 0.15) is 37.1 Å². The fourth-order valence-corrected chi connectivity index (χ4v) is 3.35. The van der Waals surface area contributed by atoms with Gasteiger partial charge in [-0.25, -0.2) is 0 Å². The van der Waals surface area contributed by atoms with Gasteiger partial charge in [0.1, 0.15) is 11.4 Å². The molecular formula is C17H23N3O3. The Morgan fingerprint density at radius 2 is 2.09 bits per heavy atom. The Morgan fingerprint density at radius 3 is 2.70 bits per heavy atom. The largest absolute Gasteiger partial charge is 0.497 e. The van der Waals surface area contributed by atoms with E-state index in [2.05, 4.69) is 15.1 Å². The van der Waals surface area contributed by atoms with Crippen molar-refractivity contribution in [3.05, 3.63) is 41.6 Å². The van der Waals surface area contributed by atoms with E-state index in [1.807, 2.05) is 31.2 Å². The number of hydrogen-bond donors (Lipinski definition) is 1. The van der Waals surface area contributed by atoms with Gasteiger partial charge in [0.2, 0.25) is 11.8 Å². The molecule has 3 rings (SSSR count). The first-order chi connectivity index (χ1) is 11.0. The van der Waals surface area contributed by atoms with Crippen LogP contribution in [0.15, 0.2) is 28.7 Å². The lowest BCUT2D eigenvalue weighted by Gasteiger charge is -2.36. The summed E-state index contributed by atoms with van der Waals surface area (Å²) in [5.74, 6) is 1.95. The third kappa shape index (κ3) is 3.23. The summed E-state index contributed by atoms with van der Waals surface area (Å²) in [6, 6.07) is 7.62. The smallest absolute Gasteiger partial charge is 0.230 e. The van der Waals surface area contributed by atoms with E-state index < -0.39 is 5.60 Å². The Hall–Kier alpha value is -1.92. The van der Waals surface area contributed by atoms with Crippen molar-refractivity contribution in [3.63, 3.8) is 0 Å². The minimum absolute atomic E-state index is 0.0168. The number of methoxy groups -OCH3 is 1. The lowest BCUT2D eigenvalue weighted by Crippen LogP contribution is -2.45. The highest BCUT2D eigenvalue weighted by Gasteiger charge is 2.40. The highest BCUT2D eigenvalue weighted by atomic mass is 16.5. The second kappa shape index (κ2) is 6.29. The van der Waals surface area contributed by atoms with Gasteiger partial charge in [-0.1, -0.05) is 12.1 Å². The molecule has 0 radical (unpaired) electrons. The number of benzene rings is 1. The van der Waals surface area contributed by atoms with Crippen LogP contribution in [0.3, 0.4) is 0 Å². The van der Waals surface area contributed by atoms with Crippen molar-refractivity contribution in [2.75, 3.05) is 13.7 Å². The van der Waals surface area contributed by atoms with Crippen molar-refractivity contribution in [1.82, 2.24) is 15.1 Å². The van der Waals surface area contributed by atoms with Gasteiger partial charge in [-0.05, 0) is 44.0 Å². The van der Waals surface area contributed by atoms with Crippen LogP contribution in [0, 0.1) is 6.92 Å². The molecule has 0 bridgehead atoms. The molecule has 0 saturated carbocycles. The van der Waals surface area contributed by atoms with Crippen LogP contribution in [-0.2, 0) is 12.1 Å². The Bertz CT molecular complexity index is 651. The predicted molar refractivity (Wildman–Crippen MR) is 85.0 cm³/mol. The zero-order chi connectivity index (χ0) is 16.4. The van der Waals surface area contributed by atoms with Crippen molar-refractivity contribution in [3.8, 4) is 5.75 Å². The van der Waals surface area contributed by atoms with Crippen molar-refractivity contribution < 1.29 is 14.3 Å². The molecule has 1 fully saturated rings. The number of ether oxygens (including phenoxy) is 1. The molecule has 1 aromatic carbocycles. The van der Waals surface area contributed by atoms with Gasteiger partial charge in [0.15, 0.2) is 0 Å². The van der Waals surface area contributed by atoms with E-state index >= 15 is 0 Å². The minimum Gasteiger partial charge on any atom is -0.497 e. The summed E-state index contributed by atoms with van der Waals surface area (Å²) in [6.45, 7) is 5.14. The van der Waals surface area contributed by atoms with Gasteiger partial charge < -0.3 is 14.3 Å². The summed E-state index contributed by atoms with van der Waals surface area (Å²) < 4.78 is 10.7. The Balaban J connectivity index is 1.79. The molecule has 0 amide bonds. The number of likely N-dealkylation sites (tertiary alicyclic amines) is 1. The average Bonchev–Trinajstić information content (AvgIpc) is 3.17. The third-order valence-electron chi connectivity index (χ3n) is 4.59. The first-order valence-electron chi connectivity index (χ1n) is 7.90. The summed E-state index contributed by atoms with van der Waals surface area (Å²) in [4.78, 5) is 2.22. The quantitative estimate of drug-likeness (QED) is 0.912. The molecule has 0 aliphatic carbocycles. The van der Waals surface area contributed by atoms with Crippen molar-refractivity contribution in [1.29, 1.82) is 0 Å². The molecule has 23 heavy (non-hydrogen) atoms. The maximum atomic E-state index is 11.2. The minimum atomic E-state index is -0.947. The van der Waals surface area contributed by atoms with Crippen LogP contribution in [0.25, 0.3) is 0 Å².